The highest BCUT2D eigenvalue weighted by Crippen LogP contribution is 2.34. The summed E-state index contributed by atoms with van der Waals surface area (Å²) in [6.45, 7) is 3.67. The van der Waals surface area contributed by atoms with E-state index in [2.05, 4.69) is 15.5 Å². The number of carbonyl (C=O) groups is 3. The summed E-state index contributed by atoms with van der Waals surface area (Å²) in [6.07, 6.45) is 3.54. The van der Waals surface area contributed by atoms with E-state index in [0.717, 1.165) is 31.1 Å². The van der Waals surface area contributed by atoms with Gasteiger partial charge >= 0.3 is 0 Å². The fraction of sp³-hybridized carbons (Fsp3) is 0.588. The first-order valence-corrected chi connectivity index (χ1v) is 8.77. The van der Waals surface area contributed by atoms with Gasteiger partial charge in [-0.25, -0.2) is 0 Å². The van der Waals surface area contributed by atoms with E-state index in [0.29, 0.717) is 17.6 Å². The van der Waals surface area contributed by atoms with Gasteiger partial charge in [-0.15, -0.1) is 0 Å². The molecule has 3 N–H and O–H groups in total. The Hall–Kier alpha value is -2.03. The number of amides is 3. The first kappa shape index (κ1) is 16.4. The molecular formula is C17H22N4O4. The predicted octanol–water partition coefficient (Wildman–Crippen LogP) is -1.52. The van der Waals surface area contributed by atoms with Gasteiger partial charge in [0.05, 0.1) is 6.04 Å². The summed E-state index contributed by atoms with van der Waals surface area (Å²) < 4.78 is 0. The molecule has 2 saturated heterocycles. The van der Waals surface area contributed by atoms with Gasteiger partial charge in [-0.2, -0.15) is 0 Å². The second-order valence-electron chi connectivity index (χ2n) is 6.91. The van der Waals surface area contributed by atoms with Gasteiger partial charge in [-0.05, 0) is 12.8 Å². The van der Waals surface area contributed by atoms with Crippen molar-refractivity contribution in [2.24, 2.45) is 0 Å². The van der Waals surface area contributed by atoms with Crippen molar-refractivity contribution < 1.29 is 19.5 Å². The molecule has 3 amide bonds. The number of hydrogen-bond donors (Lipinski definition) is 3. The number of carbonyl (C=O) groups excluding carboxylic acids is 3. The van der Waals surface area contributed by atoms with E-state index in [-0.39, 0.29) is 36.6 Å². The second-order valence-corrected chi connectivity index (χ2v) is 6.91. The third-order valence-electron chi connectivity index (χ3n) is 5.44. The van der Waals surface area contributed by atoms with Crippen LogP contribution in [-0.2, 0) is 14.4 Å². The van der Waals surface area contributed by atoms with Crippen LogP contribution in [0.4, 0.5) is 0 Å². The largest absolute Gasteiger partial charge is 0.372 e. The molecule has 3 atom stereocenters. The monoisotopic (exact) mass is 346 g/mol. The Bertz CT molecular complexity index is 680. The third-order valence-corrected chi connectivity index (χ3v) is 5.44. The van der Waals surface area contributed by atoms with Crippen molar-refractivity contribution in [2.45, 2.75) is 37.6 Å². The molecule has 0 radical (unpaired) electrons. The molecule has 8 nitrogen and oxygen atoms in total. The van der Waals surface area contributed by atoms with Crippen LogP contribution in [0, 0.1) is 0 Å². The molecule has 0 bridgehead atoms. The Kier molecular flexibility index (Phi) is 4.18. The Morgan fingerprint density at radius 1 is 1.12 bits per heavy atom. The van der Waals surface area contributed by atoms with E-state index in [1.54, 1.807) is 6.08 Å². The molecule has 0 saturated carbocycles. The number of aliphatic hydroxyl groups excluding tert-OH is 1. The Labute approximate surface area is 145 Å². The minimum Gasteiger partial charge on any atom is -0.372 e. The molecule has 134 valence electrons. The van der Waals surface area contributed by atoms with Crippen molar-refractivity contribution in [1.29, 1.82) is 0 Å². The quantitative estimate of drug-likeness (QED) is 0.525. The van der Waals surface area contributed by atoms with Crippen LogP contribution in [0.1, 0.15) is 19.3 Å². The summed E-state index contributed by atoms with van der Waals surface area (Å²) in [5.74, 6) is -0.959. The fourth-order valence-electron chi connectivity index (χ4n) is 4.07. The lowest BCUT2D eigenvalue weighted by Gasteiger charge is -2.35. The molecule has 8 heteroatoms. The molecule has 2 fully saturated rings. The molecule has 4 aliphatic rings. The molecule has 4 rings (SSSR count). The zero-order valence-electron chi connectivity index (χ0n) is 13.9. The number of nitrogens with zero attached hydrogens (tertiary/aromatic N) is 2. The number of imide groups is 1. The van der Waals surface area contributed by atoms with E-state index in [1.165, 1.54) is 0 Å². The third kappa shape index (κ3) is 2.80. The van der Waals surface area contributed by atoms with Crippen molar-refractivity contribution in [3.63, 3.8) is 0 Å². The van der Waals surface area contributed by atoms with Crippen LogP contribution in [0.5, 0.6) is 0 Å². The van der Waals surface area contributed by atoms with E-state index in [1.807, 2.05) is 6.08 Å². The number of rotatable bonds is 2. The number of piperidine rings is 1. The van der Waals surface area contributed by atoms with Crippen molar-refractivity contribution >= 4 is 17.7 Å². The highest BCUT2D eigenvalue weighted by atomic mass is 16.3. The zero-order valence-corrected chi connectivity index (χ0v) is 13.9. The minimum absolute atomic E-state index is 0.119. The smallest absolute Gasteiger partial charge is 0.261 e. The molecule has 0 spiro atoms. The molecule has 3 unspecified atom stereocenters. The number of aliphatic hydroxyl groups is 1. The van der Waals surface area contributed by atoms with Crippen LogP contribution in [-0.4, -0.2) is 77.1 Å². The van der Waals surface area contributed by atoms with Gasteiger partial charge in [0, 0.05) is 49.8 Å². The maximum absolute atomic E-state index is 12.9. The van der Waals surface area contributed by atoms with Crippen molar-refractivity contribution in [3.05, 3.63) is 23.3 Å². The Morgan fingerprint density at radius 2 is 1.88 bits per heavy atom. The number of piperazine rings is 1. The predicted molar refractivity (Wildman–Crippen MR) is 88.0 cm³/mol. The molecule has 3 aliphatic heterocycles. The molecular weight excluding hydrogens is 324 g/mol. The zero-order chi connectivity index (χ0) is 17.6. The van der Waals surface area contributed by atoms with E-state index in [9.17, 15) is 19.5 Å². The lowest BCUT2D eigenvalue weighted by Crippen LogP contribution is -2.57. The van der Waals surface area contributed by atoms with Crippen molar-refractivity contribution in [2.75, 3.05) is 26.2 Å². The topological polar surface area (TPSA) is 102 Å². The lowest BCUT2D eigenvalue weighted by atomic mass is 9.94. The van der Waals surface area contributed by atoms with Crippen molar-refractivity contribution in [3.8, 4) is 0 Å². The Balaban J connectivity index is 1.52. The van der Waals surface area contributed by atoms with E-state index >= 15 is 0 Å². The number of nitrogens with one attached hydrogen (secondary N) is 2. The molecule has 1 aliphatic carbocycles. The molecule has 0 aromatic carbocycles. The Morgan fingerprint density at radius 3 is 2.60 bits per heavy atom. The lowest BCUT2D eigenvalue weighted by molar-refractivity contribution is -0.148. The highest BCUT2D eigenvalue weighted by molar-refractivity contribution is 6.21. The van der Waals surface area contributed by atoms with Crippen LogP contribution in [0.3, 0.4) is 0 Å². The maximum Gasteiger partial charge on any atom is 0.261 e. The fourth-order valence-corrected chi connectivity index (χ4v) is 4.07. The number of hydrogen-bond acceptors (Lipinski definition) is 6. The van der Waals surface area contributed by atoms with Crippen LogP contribution >= 0.6 is 0 Å². The summed E-state index contributed by atoms with van der Waals surface area (Å²) in [5, 5.41) is 15.8. The average molecular weight is 346 g/mol. The van der Waals surface area contributed by atoms with Crippen molar-refractivity contribution in [1.82, 2.24) is 20.4 Å². The average Bonchev–Trinajstić information content (AvgIpc) is 2.87. The summed E-state index contributed by atoms with van der Waals surface area (Å²) in [7, 11) is 0. The SMILES string of the molecule is O=C1CCC(N2C(=O)C3=C(CC(N4CCNCC4)C=C3)C2=O)C(O)N1. The summed E-state index contributed by atoms with van der Waals surface area (Å²) >= 11 is 0. The highest BCUT2D eigenvalue weighted by Gasteiger charge is 2.46. The molecule has 25 heavy (non-hydrogen) atoms. The van der Waals surface area contributed by atoms with Gasteiger partial charge in [0.25, 0.3) is 11.8 Å². The molecule has 3 heterocycles. The van der Waals surface area contributed by atoms with E-state index < -0.39 is 12.3 Å². The van der Waals surface area contributed by atoms with Gasteiger partial charge in [0.1, 0.15) is 6.23 Å². The van der Waals surface area contributed by atoms with Gasteiger partial charge in [0.2, 0.25) is 5.91 Å². The summed E-state index contributed by atoms with van der Waals surface area (Å²) in [5.41, 5.74) is 0.959. The summed E-state index contributed by atoms with van der Waals surface area (Å²) in [6, 6.07) is -0.581. The maximum atomic E-state index is 12.9. The van der Waals surface area contributed by atoms with Crippen LogP contribution in [0.15, 0.2) is 23.3 Å². The van der Waals surface area contributed by atoms with Crippen LogP contribution in [0.25, 0.3) is 0 Å². The first-order chi connectivity index (χ1) is 12.1. The van der Waals surface area contributed by atoms with Gasteiger partial charge in [-0.1, -0.05) is 12.2 Å². The van der Waals surface area contributed by atoms with Gasteiger partial charge < -0.3 is 15.7 Å². The minimum atomic E-state index is -1.21. The second kappa shape index (κ2) is 6.36. The summed E-state index contributed by atoms with van der Waals surface area (Å²) in [4.78, 5) is 40.4. The van der Waals surface area contributed by atoms with Crippen LogP contribution in [0.2, 0.25) is 0 Å². The van der Waals surface area contributed by atoms with Gasteiger partial charge in [-0.3, -0.25) is 24.2 Å². The standard InChI is InChI=1S/C17H22N4O4/c22-14-4-3-13(15(23)19-14)21-16(24)11-2-1-10(9-12(11)17(21)25)20-7-5-18-6-8-20/h1-2,10,13,15,18,23H,3-9H2,(H,19,22). The normalized spacial score (nSPS) is 33.7. The van der Waals surface area contributed by atoms with E-state index in [4.69, 9.17) is 0 Å². The van der Waals surface area contributed by atoms with Gasteiger partial charge in [0.15, 0.2) is 0 Å². The first-order valence-electron chi connectivity index (χ1n) is 8.77. The molecule has 0 aromatic rings. The molecule has 0 aromatic heterocycles. The van der Waals surface area contributed by atoms with Crippen LogP contribution < -0.4 is 10.6 Å².